The number of pyridine rings is 1. The molecule has 2 heterocycles. The smallest absolute Gasteiger partial charge is 0.290 e. The number of phenols is 1. The van der Waals surface area contributed by atoms with Gasteiger partial charge in [-0.1, -0.05) is 6.07 Å². The van der Waals surface area contributed by atoms with Crippen LogP contribution >= 0.6 is 15.9 Å². The quantitative estimate of drug-likeness (QED) is 0.518. The van der Waals surface area contributed by atoms with Gasteiger partial charge in [-0.05, 0) is 47.1 Å². The second kappa shape index (κ2) is 6.94. The van der Waals surface area contributed by atoms with Gasteiger partial charge in [0.25, 0.3) is 5.91 Å². The second-order valence-electron chi connectivity index (χ2n) is 5.22. The van der Waals surface area contributed by atoms with Crippen LogP contribution in [0.15, 0.2) is 46.1 Å². The Kier molecular flexibility index (Phi) is 4.71. The molecular weight excluding hydrogens is 388 g/mol. The fraction of sp³-hybridized carbons (Fsp3) is 0.118. The van der Waals surface area contributed by atoms with Crippen LogP contribution in [0.1, 0.15) is 21.7 Å². The first-order valence-electron chi connectivity index (χ1n) is 7.35. The van der Waals surface area contributed by atoms with E-state index in [1.807, 2.05) is 12.1 Å². The molecule has 128 valence electrons. The van der Waals surface area contributed by atoms with E-state index in [1.165, 1.54) is 13.3 Å². The lowest BCUT2D eigenvalue weighted by atomic mass is 10.2. The summed E-state index contributed by atoms with van der Waals surface area (Å²) in [5.74, 6) is -0.114. The minimum Gasteiger partial charge on any atom is -0.504 e. The Labute approximate surface area is 152 Å². The first-order chi connectivity index (χ1) is 12.0. The number of hydrazone groups is 1. The molecule has 0 aliphatic carbocycles. The zero-order valence-corrected chi connectivity index (χ0v) is 15.1. The van der Waals surface area contributed by atoms with Gasteiger partial charge >= 0.3 is 0 Å². The number of amides is 1. The van der Waals surface area contributed by atoms with Gasteiger partial charge in [-0.25, -0.2) is 10.4 Å². The minimum atomic E-state index is -0.401. The molecule has 0 bridgehead atoms. The van der Waals surface area contributed by atoms with Crippen LogP contribution < -0.4 is 10.2 Å². The van der Waals surface area contributed by atoms with Crippen LogP contribution in [-0.4, -0.2) is 33.7 Å². The summed E-state index contributed by atoms with van der Waals surface area (Å²) in [6, 6.07) is 8.67. The Bertz CT molecular complexity index is 981. The Morgan fingerprint density at radius 2 is 2.20 bits per heavy atom. The summed E-state index contributed by atoms with van der Waals surface area (Å²) in [5.41, 5.74) is 4.53. The lowest BCUT2D eigenvalue weighted by molar-refractivity contribution is 0.0948. The third-order valence-corrected chi connectivity index (χ3v) is 4.06. The van der Waals surface area contributed by atoms with Gasteiger partial charge in [0, 0.05) is 16.2 Å². The molecule has 0 aliphatic rings. The number of carbonyl (C=O) groups is 1. The Hall–Kier alpha value is -2.87. The molecule has 0 atom stereocenters. The van der Waals surface area contributed by atoms with Crippen LogP contribution in [0, 0.1) is 6.92 Å². The lowest BCUT2D eigenvalue weighted by Crippen LogP contribution is -2.20. The molecular formula is C17H15BrN4O3. The highest BCUT2D eigenvalue weighted by atomic mass is 79.9. The highest BCUT2D eigenvalue weighted by molar-refractivity contribution is 9.10. The molecule has 3 aromatic rings. The van der Waals surface area contributed by atoms with E-state index in [9.17, 15) is 9.90 Å². The number of para-hydroxylation sites is 1. The number of aromatic hydroxyl groups is 1. The second-order valence-corrected chi connectivity index (χ2v) is 6.13. The Morgan fingerprint density at radius 1 is 1.40 bits per heavy atom. The van der Waals surface area contributed by atoms with Gasteiger partial charge in [0.1, 0.15) is 11.3 Å². The highest BCUT2D eigenvalue weighted by Gasteiger charge is 2.16. The summed E-state index contributed by atoms with van der Waals surface area (Å²) in [7, 11) is 1.46. The van der Waals surface area contributed by atoms with Crippen LogP contribution in [0.25, 0.3) is 5.65 Å². The number of carbonyl (C=O) groups excluding carboxylic acids is 1. The zero-order chi connectivity index (χ0) is 18.0. The molecule has 25 heavy (non-hydrogen) atoms. The maximum absolute atomic E-state index is 12.5. The van der Waals surface area contributed by atoms with Crippen molar-refractivity contribution >= 4 is 33.7 Å². The molecule has 0 saturated heterocycles. The molecule has 0 fully saturated rings. The fourth-order valence-corrected chi connectivity index (χ4v) is 2.77. The average molecular weight is 403 g/mol. The molecule has 8 heteroatoms. The number of nitrogens with one attached hydrogen (secondary N) is 1. The SMILES string of the molecule is COc1cccc(/C=N/NC(=O)c2c(C)nc3ccc(Br)cn23)c1O. The van der Waals surface area contributed by atoms with E-state index in [0.29, 0.717) is 28.3 Å². The molecule has 7 nitrogen and oxygen atoms in total. The minimum absolute atomic E-state index is 0.0436. The molecule has 0 saturated carbocycles. The normalized spacial score (nSPS) is 11.2. The molecule has 0 radical (unpaired) electrons. The summed E-state index contributed by atoms with van der Waals surface area (Å²) in [5, 5.41) is 13.9. The zero-order valence-electron chi connectivity index (χ0n) is 13.5. The Morgan fingerprint density at radius 3 is 2.96 bits per heavy atom. The first-order valence-corrected chi connectivity index (χ1v) is 8.14. The number of halogens is 1. The van der Waals surface area contributed by atoms with Crippen molar-refractivity contribution in [2.75, 3.05) is 7.11 Å². The van der Waals surface area contributed by atoms with Crippen LogP contribution in [0.3, 0.4) is 0 Å². The molecule has 0 unspecified atom stereocenters. The van der Waals surface area contributed by atoms with E-state index in [1.54, 1.807) is 35.7 Å². The lowest BCUT2D eigenvalue weighted by Gasteiger charge is -2.05. The predicted octanol–water partition coefficient (Wildman–Crippen LogP) is 2.88. The summed E-state index contributed by atoms with van der Waals surface area (Å²) in [6.45, 7) is 1.76. The van der Waals surface area contributed by atoms with E-state index in [4.69, 9.17) is 4.74 Å². The summed E-state index contributed by atoms with van der Waals surface area (Å²) >= 11 is 3.38. The molecule has 1 aromatic carbocycles. The van der Waals surface area contributed by atoms with Gasteiger partial charge in [0.05, 0.1) is 19.0 Å². The summed E-state index contributed by atoms with van der Waals surface area (Å²) in [6.07, 6.45) is 3.12. The third kappa shape index (κ3) is 3.34. The topological polar surface area (TPSA) is 88.2 Å². The van der Waals surface area contributed by atoms with Crippen molar-refractivity contribution in [1.29, 1.82) is 0 Å². The van der Waals surface area contributed by atoms with Crippen LogP contribution in [0.4, 0.5) is 0 Å². The largest absolute Gasteiger partial charge is 0.504 e. The number of hydrogen-bond donors (Lipinski definition) is 2. The number of benzene rings is 1. The number of imidazole rings is 1. The van der Waals surface area contributed by atoms with Crippen molar-refractivity contribution in [2.45, 2.75) is 6.92 Å². The van der Waals surface area contributed by atoms with Crippen molar-refractivity contribution < 1.29 is 14.6 Å². The van der Waals surface area contributed by atoms with E-state index in [-0.39, 0.29) is 5.75 Å². The van der Waals surface area contributed by atoms with Crippen molar-refractivity contribution in [1.82, 2.24) is 14.8 Å². The first kappa shape index (κ1) is 17.0. The maximum Gasteiger partial charge on any atom is 0.290 e. The van der Waals surface area contributed by atoms with E-state index >= 15 is 0 Å². The average Bonchev–Trinajstić information content (AvgIpc) is 2.91. The molecule has 2 N–H and O–H groups in total. The number of hydrogen-bond acceptors (Lipinski definition) is 5. The van der Waals surface area contributed by atoms with Crippen molar-refractivity contribution in [3.63, 3.8) is 0 Å². The third-order valence-electron chi connectivity index (χ3n) is 3.59. The number of nitrogens with zero attached hydrogens (tertiary/aromatic N) is 3. The number of phenolic OH excluding ortho intramolecular Hbond substituents is 1. The number of ether oxygens (including phenoxy) is 1. The number of methoxy groups -OCH3 is 1. The van der Waals surface area contributed by atoms with Crippen molar-refractivity contribution in [3.8, 4) is 11.5 Å². The number of aromatic nitrogens is 2. The maximum atomic E-state index is 12.5. The van der Waals surface area contributed by atoms with Gasteiger partial charge in [-0.2, -0.15) is 5.10 Å². The van der Waals surface area contributed by atoms with Gasteiger partial charge in [0.15, 0.2) is 11.5 Å². The molecule has 2 aromatic heterocycles. The van der Waals surface area contributed by atoms with Crippen molar-refractivity contribution in [2.24, 2.45) is 5.10 Å². The van der Waals surface area contributed by atoms with Crippen LogP contribution in [0.2, 0.25) is 0 Å². The van der Waals surface area contributed by atoms with Crippen LogP contribution in [0.5, 0.6) is 11.5 Å². The van der Waals surface area contributed by atoms with Gasteiger partial charge in [0.2, 0.25) is 0 Å². The monoisotopic (exact) mass is 402 g/mol. The number of aryl methyl sites for hydroxylation is 1. The van der Waals surface area contributed by atoms with Gasteiger partial charge in [-0.3, -0.25) is 9.20 Å². The summed E-state index contributed by atoms with van der Waals surface area (Å²) < 4.78 is 7.55. The van der Waals surface area contributed by atoms with Gasteiger partial charge < -0.3 is 9.84 Å². The fourth-order valence-electron chi connectivity index (χ4n) is 2.43. The molecule has 3 rings (SSSR count). The highest BCUT2D eigenvalue weighted by Crippen LogP contribution is 2.27. The predicted molar refractivity (Wildman–Crippen MR) is 97.3 cm³/mol. The molecule has 1 amide bonds. The molecule has 0 spiro atoms. The van der Waals surface area contributed by atoms with E-state index < -0.39 is 5.91 Å². The Balaban J connectivity index is 1.84. The van der Waals surface area contributed by atoms with E-state index in [0.717, 1.165) is 4.47 Å². The number of rotatable bonds is 4. The number of fused-ring (bicyclic) bond motifs is 1. The molecule has 0 aliphatic heterocycles. The van der Waals surface area contributed by atoms with Crippen LogP contribution in [-0.2, 0) is 0 Å². The summed E-state index contributed by atoms with van der Waals surface area (Å²) in [4.78, 5) is 16.8. The van der Waals surface area contributed by atoms with Crippen molar-refractivity contribution in [3.05, 3.63) is 58.0 Å². The van der Waals surface area contributed by atoms with E-state index in [2.05, 4.69) is 31.4 Å². The van der Waals surface area contributed by atoms with Gasteiger partial charge in [-0.15, -0.1) is 0 Å². The standard InChI is InChI=1S/C17H15BrN4O3/c1-10-15(22-9-12(18)6-7-14(22)20-10)17(24)21-19-8-11-4-3-5-13(25-2)16(11)23/h3-9,23H,1-2H3,(H,21,24)/b19-8+.